The molecule has 0 saturated heterocycles. The lowest BCUT2D eigenvalue weighted by atomic mass is 10.2. The third-order valence-corrected chi connectivity index (χ3v) is 3.22. The Morgan fingerprint density at radius 2 is 1.71 bits per heavy atom. The third kappa shape index (κ3) is 4.05. The molecule has 0 fully saturated rings. The minimum absolute atomic E-state index is 0.224. The van der Waals surface area contributed by atoms with Crippen LogP contribution in [-0.4, -0.2) is 22.2 Å². The van der Waals surface area contributed by atoms with Crippen molar-refractivity contribution < 1.29 is 0 Å². The van der Waals surface area contributed by atoms with Gasteiger partial charge < -0.3 is 4.90 Å². The van der Waals surface area contributed by atoms with E-state index >= 15 is 0 Å². The standard InChI is InChI=1S/C17H17N7/c1-4-24(17-20-12(2)9-13(3)21-17)16-7-5-14(6-8-16)22-23-15(10-18)11-19/h5-9,22H,4H2,1-3H3. The number of aryl methyl sites for hydroxylation is 2. The first-order valence-corrected chi connectivity index (χ1v) is 7.41. The van der Waals surface area contributed by atoms with E-state index in [1.807, 2.05) is 56.0 Å². The number of nitrogens with zero attached hydrogens (tertiary/aromatic N) is 6. The number of hydrogen-bond acceptors (Lipinski definition) is 7. The van der Waals surface area contributed by atoms with E-state index in [1.165, 1.54) is 0 Å². The number of rotatable bonds is 5. The van der Waals surface area contributed by atoms with Crippen molar-refractivity contribution in [2.75, 3.05) is 16.9 Å². The lowest BCUT2D eigenvalue weighted by molar-refractivity contribution is 0.920. The molecule has 24 heavy (non-hydrogen) atoms. The van der Waals surface area contributed by atoms with Crippen molar-refractivity contribution in [1.29, 1.82) is 10.5 Å². The van der Waals surface area contributed by atoms with E-state index in [-0.39, 0.29) is 5.71 Å². The molecule has 0 radical (unpaired) electrons. The van der Waals surface area contributed by atoms with E-state index < -0.39 is 0 Å². The Morgan fingerprint density at radius 1 is 1.12 bits per heavy atom. The normalized spacial score (nSPS) is 9.54. The van der Waals surface area contributed by atoms with Gasteiger partial charge in [0, 0.05) is 23.6 Å². The zero-order valence-corrected chi connectivity index (χ0v) is 13.8. The number of nitriles is 2. The van der Waals surface area contributed by atoms with E-state index in [1.54, 1.807) is 12.1 Å². The summed E-state index contributed by atoms with van der Waals surface area (Å²) in [6, 6.07) is 12.8. The van der Waals surface area contributed by atoms with E-state index in [0.29, 0.717) is 11.6 Å². The minimum Gasteiger partial charge on any atom is -0.311 e. The molecule has 1 aromatic heterocycles. The predicted octanol–water partition coefficient (Wildman–Crippen LogP) is 3.07. The second-order valence-corrected chi connectivity index (χ2v) is 5.04. The fourth-order valence-corrected chi connectivity index (χ4v) is 2.18. The highest BCUT2D eigenvalue weighted by atomic mass is 15.3. The monoisotopic (exact) mass is 319 g/mol. The van der Waals surface area contributed by atoms with Crippen LogP contribution in [0.15, 0.2) is 35.4 Å². The molecule has 1 aromatic carbocycles. The highest BCUT2D eigenvalue weighted by Gasteiger charge is 2.11. The van der Waals surface area contributed by atoms with Crippen molar-refractivity contribution in [3.05, 3.63) is 41.7 Å². The van der Waals surface area contributed by atoms with Crippen LogP contribution in [0.5, 0.6) is 0 Å². The average molecular weight is 319 g/mol. The van der Waals surface area contributed by atoms with Gasteiger partial charge in [-0.1, -0.05) is 0 Å². The van der Waals surface area contributed by atoms with E-state index in [4.69, 9.17) is 10.5 Å². The van der Waals surface area contributed by atoms with Gasteiger partial charge in [0.2, 0.25) is 11.7 Å². The first-order chi connectivity index (χ1) is 11.6. The van der Waals surface area contributed by atoms with Crippen molar-refractivity contribution in [1.82, 2.24) is 9.97 Å². The van der Waals surface area contributed by atoms with Crippen molar-refractivity contribution >= 4 is 23.0 Å². The van der Waals surface area contributed by atoms with E-state index in [9.17, 15) is 0 Å². The molecule has 2 rings (SSSR count). The van der Waals surface area contributed by atoms with Crippen molar-refractivity contribution in [3.63, 3.8) is 0 Å². The second kappa shape index (κ2) is 7.70. The molecule has 2 aromatic rings. The lowest BCUT2D eigenvalue weighted by Gasteiger charge is -2.21. The molecule has 7 nitrogen and oxygen atoms in total. The molecule has 0 aliphatic rings. The molecule has 0 unspecified atom stereocenters. The summed E-state index contributed by atoms with van der Waals surface area (Å²) in [4.78, 5) is 11.0. The Kier molecular flexibility index (Phi) is 5.43. The number of hydrogen-bond donors (Lipinski definition) is 1. The van der Waals surface area contributed by atoms with Crippen molar-refractivity contribution in [2.45, 2.75) is 20.8 Å². The Morgan fingerprint density at radius 3 is 2.21 bits per heavy atom. The van der Waals surface area contributed by atoms with Gasteiger partial charge in [-0.3, -0.25) is 5.43 Å². The summed E-state index contributed by atoms with van der Waals surface area (Å²) in [5.41, 5.74) is 5.92. The van der Waals surface area contributed by atoms with E-state index in [0.717, 1.165) is 23.6 Å². The summed E-state index contributed by atoms with van der Waals surface area (Å²) in [5.74, 6) is 0.657. The maximum Gasteiger partial charge on any atom is 0.237 e. The van der Waals surface area contributed by atoms with Gasteiger partial charge in [-0.25, -0.2) is 9.97 Å². The average Bonchev–Trinajstić information content (AvgIpc) is 2.57. The molecule has 0 bridgehead atoms. The van der Waals surface area contributed by atoms with Crippen molar-refractivity contribution in [2.24, 2.45) is 5.10 Å². The van der Waals surface area contributed by atoms with Gasteiger partial charge >= 0.3 is 0 Å². The summed E-state index contributed by atoms with van der Waals surface area (Å²) in [6.07, 6.45) is 0. The molecule has 1 heterocycles. The minimum atomic E-state index is -0.224. The predicted molar refractivity (Wildman–Crippen MR) is 92.9 cm³/mol. The van der Waals surface area contributed by atoms with Gasteiger partial charge in [0.1, 0.15) is 12.1 Å². The Hall–Kier alpha value is -3.45. The van der Waals surface area contributed by atoms with Crippen molar-refractivity contribution in [3.8, 4) is 12.1 Å². The molecule has 0 aliphatic carbocycles. The van der Waals surface area contributed by atoms with E-state index in [2.05, 4.69) is 20.5 Å². The van der Waals surface area contributed by atoms with Gasteiger partial charge in [-0.15, -0.1) is 0 Å². The van der Waals surface area contributed by atoms with Crippen LogP contribution in [-0.2, 0) is 0 Å². The van der Waals surface area contributed by atoms with Crippen LogP contribution < -0.4 is 10.3 Å². The molecular formula is C17H17N7. The zero-order chi connectivity index (χ0) is 17.5. The molecule has 0 spiro atoms. The molecule has 0 aliphatic heterocycles. The third-order valence-electron chi connectivity index (χ3n) is 3.22. The molecular weight excluding hydrogens is 302 g/mol. The smallest absolute Gasteiger partial charge is 0.237 e. The van der Waals surface area contributed by atoms with Gasteiger partial charge in [-0.05, 0) is 51.1 Å². The summed E-state index contributed by atoms with van der Waals surface area (Å²) in [5, 5.41) is 21.0. The number of nitrogens with one attached hydrogen (secondary N) is 1. The quantitative estimate of drug-likeness (QED) is 0.671. The summed E-state index contributed by atoms with van der Waals surface area (Å²) >= 11 is 0. The SMILES string of the molecule is CCN(c1ccc(NN=C(C#N)C#N)cc1)c1nc(C)cc(C)n1. The molecule has 1 N–H and O–H groups in total. The Balaban J connectivity index is 2.24. The highest BCUT2D eigenvalue weighted by molar-refractivity contribution is 6.10. The van der Waals surface area contributed by atoms with Crippen LogP contribution in [0.1, 0.15) is 18.3 Å². The summed E-state index contributed by atoms with van der Waals surface area (Å²) in [6.45, 7) is 6.64. The lowest BCUT2D eigenvalue weighted by Crippen LogP contribution is -2.19. The molecule has 0 amide bonds. The van der Waals surface area contributed by atoms with Gasteiger partial charge in [0.25, 0.3) is 0 Å². The first-order valence-electron chi connectivity index (χ1n) is 7.41. The number of anilines is 3. The summed E-state index contributed by atoms with van der Waals surface area (Å²) < 4.78 is 0. The Labute approximate surface area is 140 Å². The van der Waals surface area contributed by atoms with Crippen LogP contribution in [0.2, 0.25) is 0 Å². The van der Waals surface area contributed by atoms with Crippen LogP contribution in [0.25, 0.3) is 0 Å². The summed E-state index contributed by atoms with van der Waals surface area (Å²) in [7, 11) is 0. The van der Waals surface area contributed by atoms with Crippen LogP contribution in [0.3, 0.4) is 0 Å². The van der Waals surface area contributed by atoms with Gasteiger partial charge in [0.15, 0.2) is 0 Å². The second-order valence-electron chi connectivity index (χ2n) is 5.04. The number of aromatic nitrogens is 2. The molecule has 0 saturated carbocycles. The van der Waals surface area contributed by atoms with Gasteiger partial charge in [0.05, 0.1) is 5.69 Å². The van der Waals surface area contributed by atoms with Crippen LogP contribution in [0, 0.1) is 36.5 Å². The van der Waals surface area contributed by atoms with Crippen LogP contribution >= 0.6 is 0 Å². The topological polar surface area (TPSA) is 101 Å². The Bertz CT molecular complexity index is 789. The molecule has 7 heteroatoms. The number of hydrazone groups is 1. The highest BCUT2D eigenvalue weighted by Crippen LogP contribution is 2.24. The fourth-order valence-electron chi connectivity index (χ4n) is 2.18. The maximum atomic E-state index is 8.66. The van der Waals surface area contributed by atoms with Crippen LogP contribution in [0.4, 0.5) is 17.3 Å². The molecule has 120 valence electrons. The molecule has 0 atom stereocenters. The maximum absolute atomic E-state index is 8.66. The first kappa shape index (κ1) is 16.9. The number of benzene rings is 1. The largest absolute Gasteiger partial charge is 0.311 e. The zero-order valence-electron chi connectivity index (χ0n) is 13.8. The van der Waals surface area contributed by atoms with Gasteiger partial charge in [-0.2, -0.15) is 15.6 Å². The fraction of sp³-hybridized carbons (Fsp3) is 0.235.